The van der Waals surface area contributed by atoms with Crippen LogP contribution in [0.4, 0.5) is 0 Å². The Morgan fingerprint density at radius 1 is 1.50 bits per heavy atom. The molecule has 1 heterocycles. The molecule has 0 aromatic carbocycles. The van der Waals surface area contributed by atoms with Gasteiger partial charge in [-0.15, -0.1) is 11.8 Å². The van der Waals surface area contributed by atoms with Gasteiger partial charge in [-0.3, -0.25) is 4.79 Å². The van der Waals surface area contributed by atoms with Crippen molar-refractivity contribution in [1.29, 1.82) is 0 Å². The summed E-state index contributed by atoms with van der Waals surface area (Å²) in [5.41, 5.74) is 0. The van der Waals surface area contributed by atoms with Gasteiger partial charge in [0.05, 0.1) is 17.2 Å². The molecule has 1 fully saturated rings. The summed E-state index contributed by atoms with van der Waals surface area (Å²) < 4.78 is 25.6. The zero-order valence-electron chi connectivity index (χ0n) is 11.7. The highest BCUT2D eigenvalue weighted by molar-refractivity contribution is 8.00. The Bertz CT molecular complexity index is 479. The highest BCUT2D eigenvalue weighted by Crippen LogP contribution is 2.29. The molecular weight excluding hydrogens is 304 g/mol. The van der Waals surface area contributed by atoms with E-state index in [1.807, 2.05) is 0 Å². The molecule has 20 heavy (non-hydrogen) atoms. The first-order chi connectivity index (χ1) is 9.19. The van der Waals surface area contributed by atoms with Crippen molar-refractivity contribution >= 4 is 33.7 Å². The Morgan fingerprint density at radius 3 is 2.60 bits per heavy atom. The molecule has 116 valence electrons. The maximum absolute atomic E-state index is 12.3. The molecule has 3 unspecified atom stereocenters. The summed E-state index contributed by atoms with van der Waals surface area (Å²) in [6.07, 6.45) is 0.448. The van der Waals surface area contributed by atoms with Gasteiger partial charge in [-0.05, 0) is 20.3 Å². The maximum Gasteiger partial charge on any atom is 0.327 e. The third-order valence-electron chi connectivity index (χ3n) is 2.96. The smallest absolute Gasteiger partial charge is 0.327 e. The van der Waals surface area contributed by atoms with Gasteiger partial charge in [-0.1, -0.05) is 6.92 Å². The number of thioether (sulfide) groups is 1. The molecule has 0 radical (unpaired) electrons. The first-order valence-corrected chi connectivity index (χ1v) is 9.06. The average Bonchev–Trinajstić information content (AvgIpc) is 2.69. The Hall–Kier alpha value is -0.800. The van der Waals surface area contributed by atoms with Crippen LogP contribution >= 0.6 is 11.8 Å². The fourth-order valence-electron chi connectivity index (χ4n) is 2.04. The highest BCUT2D eigenvalue weighted by Gasteiger charge is 2.41. The van der Waals surface area contributed by atoms with Crippen molar-refractivity contribution in [3.8, 4) is 0 Å². The molecule has 0 aromatic heterocycles. The van der Waals surface area contributed by atoms with Gasteiger partial charge in [-0.25, -0.2) is 17.9 Å². The van der Waals surface area contributed by atoms with Crippen LogP contribution in [0.5, 0.6) is 0 Å². The topological polar surface area (TPSA) is 104 Å². The predicted molar refractivity (Wildman–Crippen MR) is 76.9 cm³/mol. The third kappa shape index (κ3) is 4.10. The number of carboxylic acid groups (broad SMARTS) is 1. The molecule has 0 spiro atoms. The molecule has 1 aliphatic heterocycles. The number of nitrogens with zero attached hydrogens (tertiary/aromatic N) is 1. The zero-order valence-corrected chi connectivity index (χ0v) is 13.3. The number of hydrogen-bond donors (Lipinski definition) is 2. The molecule has 0 saturated carbocycles. The molecular formula is C11H20N2O5S2. The fraction of sp³-hybridized carbons (Fsp3) is 0.818. The summed E-state index contributed by atoms with van der Waals surface area (Å²) in [5, 5.41) is 8.83. The zero-order chi connectivity index (χ0) is 15.5. The highest BCUT2D eigenvalue weighted by atomic mass is 32.2. The molecule has 1 aliphatic rings. The normalized spacial score (nSPS) is 24.6. The molecule has 9 heteroatoms. The number of sulfonamides is 1. The lowest BCUT2D eigenvalue weighted by Gasteiger charge is -2.28. The second-order valence-electron chi connectivity index (χ2n) is 4.69. The Morgan fingerprint density at radius 2 is 2.10 bits per heavy atom. The van der Waals surface area contributed by atoms with Crippen LogP contribution in [0.15, 0.2) is 0 Å². The molecule has 1 rings (SSSR count). The number of carboxylic acids is 1. The van der Waals surface area contributed by atoms with Crippen LogP contribution in [0, 0.1) is 0 Å². The van der Waals surface area contributed by atoms with Crippen LogP contribution in [0.1, 0.15) is 27.2 Å². The lowest BCUT2D eigenvalue weighted by atomic mass is 10.2. The molecule has 0 bridgehead atoms. The molecule has 0 aliphatic carbocycles. The van der Waals surface area contributed by atoms with Crippen molar-refractivity contribution in [3.63, 3.8) is 0 Å². The van der Waals surface area contributed by atoms with Crippen LogP contribution in [0.3, 0.4) is 0 Å². The van der Waals surface area contributed by atoms with E-state index >= 15 is 0 Å². The van der Waals surface area contributed by atoms with E-state index in [0.717, 1.165) is 0 Å². The second-order valence-corrected chi connectivity index (χ2v) is 7.91. The van der Waals surface area contributed by atoms with Crippen molar-refractivity contribution in [2.75, 3.05) is 11.5 Å². The predicted octanol–water partition coefficient (Wildman–Crippen LogP) is 0.0789. The van der Waals surface area contributed by atoms with Crippen molar-refractivity contribution < 1.29 is 23.1 Å². The average molecular weight is 324 g/mol. The van der Waals surface area contributed by atoms with Gasteiger partial charge in [0, 0.05) is 5.75 Å². The van der Waals surface area contributed by atoms with Crippen LogP contribution in [0.2, 0.25) is 0 Å². The van der Waals surface area contributed by atoms with Gasteiger partial charge < -0.3 is 10.0 Å². The summed E-state index contributed by atoms with van der Waals surface area (Å²) >= 11 is 1.36. The standard InChI is InChI=1S/C11H20N2O5S2/c1-4-5-20(17,18)12-7(2)10(14)13-8(3)19-6-9(13)11(15)16/h7-9,12H,4-6H2,1-3H3,(H,15,16). The number of nitrogens with one attached hydrogen (secondary N) is 1. The number of aliphatic carboxylic acids is 1. The Balaban J connectivity index is 2.80. The second kappa shape index (κ2) is 6.77. The summed E-state index contributed by atoms with van der Waals surface area (Å²) in [6.45, 7) is 4.90. The Kier molecular flexibility index (Phi) is 5.84. The van der Waals surface area contributed by atoms with Crippen molar-refractivity contribution in [2.24, 2.45) is 0 Å². The minimum atomic E-state index is -3.51. The molecule has 0 aromatic rings. The van der Waals surface area contributed by atoms with E-state index in [1.54, 1.807) is 13.8 Å². The fourth-order valence-corrected chi connectivity index (χ4v) is 4.51. The monoisotopic (exact) mass is 324 g/mol. The number of carbonyl (C=O) groups is 2. The van der Waals surface area contributed by atoms with Gasteiger partial charge in [0.2, 0.25) is 15.9 Å². The van der Waals surface area contributed by atoms with Crippen molar-refractivity contribution in [1.82, 2.24) is 9.62 Å². The first-order valence-electron chi connectivity index (χ1n) is 6.36. The quantitative estimate of drug-likeness (QED) is 0.717. The number of hydrogen-bond acceptors (Lipinski definition) is 5. The first kappa shape index (κ1) is 17.3. The summed E-state index contributed by atoms with van der Waals surface area (Å²) in [4.78, 5) is 24.6. The summed E-state index contributed by atoms with van der Waals surface area (Å²) in [7, 11) is -3.51. The van der Waals surface area contributed by atoms with Crippen LogP contribution in [0.25, 0.3) is 0 Å². The van der Waals surface area contributed by atoms with E-state index in [4.69, 9.17) is 5.11 Å². The van der Waals surface area contributed by atoms with E-state index in [0.29, 0.717) is 12.2 Å². The number of carbonyl (C=O) groups excluding carboxylic acids is 1. The largest absolute Gasteiger partial charge is 0.480 e. The van der Waals surface area contributed by atoms with Gasteiger partial charge in [0.1, 0.15) is 6.04 Å². The third-order valence-corrected chi connectivity index (χ3v) is 5.84. The Labute approximate surface area is 123 Å². The van der Waals surface area contributed by atoms with Gasteiger partial charge in [0.15, 0.2) is 0 Å². The summed E-state index contributed by atoms with van der Waals surface area (Å²) in [6, 6.07) is -1.87. The van der Waals surface area contributed by atoms with E-state index in [1.165, 1.54) is 23.6 Å². The minimum Gasteiger partial charge on any atom is -0.480 e. The maximum atomic E-state index is 12.3. The molecule has 7 nitrogen and oxygen atoms in total. The van der Waals surface area contributed by atoms with E-state index in [9.17, 15) is 18.0 Å². The number of amides is 1. The van der Waals surface area contributed by atoms with E-state index in [-0.39, 0.29) is 11.1 Å². The van der Waals surface area contributed by atoms with Gasteiger partial charge in [-0.2, -0.15) is 0 Å². The molecule has 1 saturated heterocycles. The van der Waals surface area contributed by atoms with Crippen LogP contribution in [-0.2, 0) is 19.6 Å². The van der Waals surface area contributed by atoms with Crippen LogP contribution in [-0.4, -0.2) is 59.3 Å². The molecule has 3 atom stereocenters. The van der Waals surface area contributed by atoms with Crippen molar-refractivity contribution in [3.05, 3.63) is 0 Å². The van der Waals surface area contributed by atoms with Gasteiger partial charge in [0.25, 0.3) is 0 Å². The van der Waals surface area contributed by atoms with Crippen molar-refractivity contribution in [2.45, 2.75) is 44.6 Å². The van der Waals surface area contributed by atoms with E-state index < -0.39 is 34.0 Å². The summed E-state index contributed by atoms with van der Waals surface area (Å²) in [5.74, 6) is -1.32. The SMILES string of the molecule is CCCS(=O)(=O)NC(C)C(=O)N1C(C)SCC1C(=O)O. The molecule has 1 amide bonds. The lowest BCUT2D eigenvalue weighted by molar-refractivity contribution is -0.149. The van der Waals surface area contributed by atoms with E-state index in [2.05, 4.69) is 4.72 Å². The van der Waals surface area contributed by atoms with Crippen LogP contribution < -0.4 is 4.72 Å². The number of rotatable bonds is 6. The van der Waals surface area contributed by atoms with Gasteiger partial charge >= 0.3 is 5.97 Å². The molecule has 2 N–H and O–H groups in total. The minimum absolute atomic E-state index is 0.0583. The lowest BCUT2D eigenvalue weighted by Crippen LogP contribution is -2.53.